The molecular formula is C16H25NO2. The average Bonchev–Trinajstić information content (AvgIpc) is 2.34. The summed E-state index contributed by atoms with van der Waals surface area (Å²) in [6.07, 6.45) is 5.26. The van der Waals surface area contributed by atoms with Gasteiger partial charge >= 0.3 is 0 Å². The molecule has 0 aliphatic carbocycles. The van der Waals surface area contributed by atoms with Crippen LogP contribution >= 0.6 is 0 Å². The third-order valence-corrected chi connectivity index (χ3v) is 3.28. The Kier molecular flexibility index (Phi) is 6.40. The van der Waals surface area contributed by atoms with Gasteiger partial charge in [0.25, 0.3) is 0 Å². The van der Waals surface area contributed by atoms with Gasteiger partial charge in [-0.15, -0.1) is 0 Å². The molecule has 3 heteroatoms. The normalized spacial score (nSPS) is 12.1. The van der Waals surface area contributed by atoms with E-state index in [0.29, 0.717) is 17.7 Å². The Morgan fingerprint density at radius 3 is 2.53 bits per heavy atom. The largest absolute Gasteiger partial charge is 0.507 e. The molecule has 0 radical (unpaired) electrons. The van der Waals surface area contributed by atoms with Gasteiger partial charge in [-0.3, -0.25) is 0 Å². The minimum Gasteiger partial charge on any atom is -0.507 e. The molecule has 0 aliphatic rings. The number of nitrogens with zero attached hydrogens (tertiary/aromatic N) is 1. The number of unbranched alkanes of at least 4 members (excludes halogenated alkanes) is 2. The molecule has 0 atom stereocenters. The molecule has 0 saturated heterocycles. The summed E-state index contributed by atoms with van der Waals surface area (Å²) in [7, 11) is 0. The van der Waals surface area contributed by atoms with E-state index in [1.807, 2.05) is 19.1 Å². The lowest BCUT2D eigenvalue weighted by Gasteiger charge is -2.08. The van der Waals surface area contributed by atoms with Crippen LogP contribution in [0, 0.1) is 12.8 Å². The van der Waals surface area contributed by atoms with E-state index in [1.165, 1.54) is 12.8 Å². The van der Waals surface area contributed by atoms with E-state index >= 15 is 0 Å². The fraction of sp³-hybridized carbons (Fsp3) is 0.562. The first-order valence-corrected chi connectivity index (χ1v) is 7.05. The van der Waals surface area contributed by atoms with Crippen molar-refractivity contribution in [2.24, 2.45) is 11.1 Å². The number of phenolic OH excluding ortho intramolecular Hbond substituents is 1. The molecule has 0 aliphatic heterocycles. The summed E-state index contributed by atoms with van der Waals surface area (Å²) in [4.78, 5) is 0. The van der Waals surface area contributed by atoms with E-state index in [9.17, 15) is 5.11 Å². The predicted octanol–water partition coefficient (Wildman–Crippen LogP) is 4.49. The van der Waals surface area contributed by atoms with Gasteiger partial charge in [-0.1, -0.05) is 44.3 Å². The van der Waals surface area contributed by atoms with Gasteiger partial charge in [0.2, 0.25) is 0 Å². The SMILES string of the molecule is Cc1ccc(/C(CCCCCC(C)C)=N\O)c(O)c1. The molecule has 106 valence electrons. The minimum absolute atomic E-state index is 0.190. The zero-order chi connectivity index (χ0) is 14.3. The Morgan fingerprint density at radius 2 is 1.95 bits per heavy atom. The summed E-state index contributed by atoms with van der Waals surface area (Å²) >= 11 is 0. The van der Waals surface area contributed by atoms with Crippen LogP contribution < -0.4 is 0 Å². The third kappa shape index (κ3) is 5.33. The van der Waals surface area contributed by atoms with Crippen LogP contribution in [0.3, 0.4) is 0 Å². The highest BCUT2D eigenvalue weighted by atomic mass is 16.4. The highest BCUT2D eigenvalue weighted by molar-refractivity contribution is 6.02. The lowest BCUT2D eigenvalue weighted by Crippen LogP contribution is -2.02. The van der Waals surface area contributed by atoms with Crippen LogP contribution in [0.1, 0.15) is 57.1 Å². The lowest BCUT2D eigenvalue weighted by atomic mass is 9.99. The second-order valence-electron chi connectivity index (χ2n) is 5.56. The van der Waals surface area contributed by atoms with Gasteiger partial charge in [0.05, 0.1) is 5.71 Å². The van der Waals surface area contributed by atoms with Crippen LogP contribution in [0.15, 0.2) is 23.4 Å². The molecule has 0 heterocycles. The van der Waals surface area contributed by atoms with E-state index in [2.05, 4.69) is 19.0 Å². The number of aromatic hydroxyl groups is 1. The summed E-state index contributed by atoms with van der Waals surface area (Å²) in [5.41, 5.74) is 2.20. The zero-order valence-corrected chi connectivity index (χ0v) is 12.2. The number of rotatable bonds is 7. The molecule has 3 nitrogen and oxygen atoms in total. The standard InChI is InChI=1S/C16H25NO2/c1-12(2)7-5-4-6-8-15(17-19)14-10-9-13(3)11-16(14)18/h9-12,18-19H,4-8H2,1-3H3/b17-15-. The highest BCUT2D eigenvalue weighted by Crippen LogP contribution is 2.22. The topological polar surface area (TPSA) is 52.8 Å². The van der Waals surface area contributed by atoms with Gasteiger partial charge < -0.3 is 10.3 Å². The summed E-state index contributed by atoms with van der Waals surface area (Å²) in [5.74, 6) is 0.933. The second-order valence-corrected chi connectivity index (χ2v) is 5.56. The summed E-state index contributed by atoms with van der Waals surface area (Å²) in [5, 5.41) is 22.3. The molecule has 2 N–H and O–H groups in total. The average molecular weight is 263 g/mol. The van der Waals surface area contributed by atoms with Crippen LogP contribution in [0.25, 0.3) is 0 Å². The molecule has 1 aromatic carbocycles. The number of aryl methyl sites for hydroxylation is 1. The first-order chi connectivity index (χ1) is 9.04. The first-order valence-electron chi connectivity index (χ1n) is 7.05. The fourth-order valence-electron chi connectivity index (χ4n) is 2.15. The predicted molar refractivity (Wildman–Crippen MR) is 79.1 cm³/mol. The lowest BCUT2D eigenvalue weighted by molar-refractivity contribution is 0.317. The van der Waals surface area contributed by atoms with Crippen LogP contribution in [0.4, 0.5) is 0 Å². The van der Waals surface area contributed by atoms with E-state index in [4.69, 9.17) is 5.21 Å². The van der Waals surface area contributed by atoms with Gasteiger partial charge in [0.15, 0.2) is 0 Å². The summed E-state index contributed by atoms with van der Waals surface area (Å²) < 4.78 is 0. The second kappa shape index (κ2) is 7.82. The number of hydrogen-bond donors (Lipinski definition) is 2. The number of oxime groups is 1. The van der Waals surface area contributed by atoms with Crippen LogP contribution in [0.2, 0.25) is 0 Å². The molecular weight excluding hydrogens is 238 g/mol. The van der Waals surface area contributed by atoms with Gasteiger partial charge in [-0.05, 0) is 43.4 Å². The number of phenols is 1. The molecule has 0 amide bonds. The van der Waals surface area contributed by atoms with Crippen molar-refractivity contribution in [3.05, 3.63) is 29.3 Å². The van der Waals surface area contributed by atoms with Crippen molar-refractivity contribution in [2.75, 3.05) is 0 Å². The van der Waals surface area contributed by atoms with E-state index < -0.39 is 0 Å². The Morgan fingerprint density at radius 1 is 1.21 bits per heavy atom. The van der Waals surface area contributed by atoms with Crippen molar-refractivity contribution in [1.82, 2.24) is 0 Å². The third-order valence-electron chi connectivity index (χ3n) is 3.28. The van der Waals surface area contributed by atoms with Crippen molar-refractivity contribution < 1.29 is 10.3 Å². The summed E-state index contributed by atoms with van der Waals surface area (Å²) in [6, 6.07) is 5.42. The first kappa shape index (κ1) is 15.5. The molecule has 0 aromatic heterocycles. The van der Waals surface area contributed by atoms with Crippen molar-refractivity contribution in [3.8, 4) is 5.75 Å². The minimum atomic E-state index is 0.190. The molecule has 0 bridgehead atoms. The molecule has 19 heavy (non-hydrogen) atoms. The Labute approximate surface area is 116 Å². The molecule has 0 saturated carbocycles. The maximum atomic E-state index is 9.88. The Bertz CT molecular complexity index is 425. The van der Waals surface area contributed by atoms with Gasteiger partial charge in [0.1, 0.15) is 5.75 Å². The van der Waals surface area contributed by atoms with Crippen molar-refractivity contribution >= 4 is 5.71 Å². The molecule has 1 rings (SSSR count). The van der Waals surface area contributed by atoms with Gasteiger partial charge in [0, 0.05) is 5.56 Å². The quantitative estimate of drug-likeness (QED) is 0.330. The molecule has 0 spiro atoms. The van der Waals surface area contributed by atoms with Crippen LogP contribution in [-0.4, -0.2) is 16.0 Å². The van der Waals surface area contributed by atoms with Crippen LogP contribution in [-0.2, 0) is 0 Å². The smallest absolute Gasteiger partial charge is 0.125 e. The van der Waals surface area contributed by atoms with Gasteiger partial charge in [-0.2, -0.15) is 0 Å². The van der Waals surface area contributed by atoms with Crippen molar-refractivity contribution in [2.45, 2.75) is 52.9 Å². The number of benzene rings is 1. The van der Waals surface area contributed by atoms with Gasteiger partial charge in [-0.25, -0.2) is 0 Å². The highest BCUT2D eigenvalue weighted by Gasteiger charge is 2.09. The van der Waals surface area contributed by atoms with Crippen molar-refractivity contribution in [3.63, 3.8) is 0 Å². The summed E-state index contributed by atoms with van der Waals surface area (Å²) in [6.45, 7) is 6.38. The maximum Gasteiger partial charge on any atom is 0.125 e. The molecule has 0 unspecified atom stereocenters. The van der Waals surface area contributed by atoms with Crippen molar-refractivity contribution in [1.29, 1.82) is 0 Å². The Balaban J connectivity index is 2.50. The number of hydrogen-bond acceptors (Lipinski definition) is 3. The molecule has 1 aromatic rings. The Hall–Kier alpha value is -1.51. The monoisotopic (exact) mass is 263 g/mol. The maximum absolute atomic E-state index is 9.88. The molecule has 0 fully saturated rings. The van der Waals surface area contributed by atoms with E-state index in [0.717, 1.165) is 24.3 Å². The van der Waals surface area contributed by atoms with Crippen LogP contribution in [0.5, 0.6) is 5.75 Å². The zero-order valence-electron chi connectivity index (χ0n) is 12.2. The van der Waals surface area contributed by atoms with E-state index in [-0.39, 0.29) is 5.75 Å². The fourth-order valence-corrected chi connectivity index (χ4v) is 2.15. The van der Waals surface area contributed by atoms with E-state index in [1.54, 1.807) is 6.07 Å².